The fourth-order valence-electron chi connectivity index (χ4n) is 1.02. The Morgan fingerprint density at radius 3 is 3.00 bits per heavy atom. The van der Waals surface area contributed by atoms with Crippen LogP contribution in [0.4, 0.5) is 0 Å². The summed E-state index contributed by atoms with van der Waals surface area (Å²) in [5.74, 6) is 0.0550. The fourth-order valence-corrected chi connectivity index (χ4v) is 1.02. The van der Waals surface area contributed by atoms with Gasteiger partial charge in [-0.15, -0.1) is 6.58 Å². The highest BCUT2D eigenvalue weighted by Crippen LogP contribution is 1.99. The first-order valence-electron chi connectivity index (χ1n) is 4.51. The van der Waals surface area contributed by atoms with Crippen LogP contribution in [-0.2, 0) is 0 Å². The van der Waals surface area contributed by atoms with Crippen molar-refractivity contribution in [2.24, 2.45) is 0 Å². The van der Waals surface area contributed by atoms with E-state index in [-0.39, 0.29) is 5.78 Å². The molecule has 3 nitrogen and oxygen atoms in total. The number of carbonyl (C=O) groups excluding carboxylic acids is 1. The summed E-state index contributed by atoms with van der Waals surface area (Å²) in [4.78, 5) is 15.6. The third kappa shape index (κ3) is 3.11. The Morgan fingerprint density at radius 1 is 1.64 bits per heavy atom. The van der Waals surface area contributed by atoms with Gasteiger partial charge < -0.3 is 5.32 Å². The van der Waals surface area contributed by atoms with Gasteiger partial charge in [0, 0.05) is 24.0 Å². The number of nitrogens with zero attached hydrogens (tertiary/aromatic N) is 1. The second-order valence-corrected chi connectivity index (χ2v) is 3.03. The van der Waals surface area contributed by atoms with E-state index in [2.05, 4.69) is 16.9 Å². The molecule has 0 saturated heterocycles. The molecule has 0 saturated carbocycles. The Kier molecular flexibility index (Phi) is 4.01. The van der Waals surface area contributed by atoms with Crippen molar-refractivity contribution in [3.63, 3.8) is 0 Å². The van der Waals surface area contributed by atoms with Crippen molar-refractivity contribution in [2.75, 3.05) is 13.1 Å². The molecule has 3 heteroatoms. The van der Waals surface area contributed by atoms with Crippen LogP contribution in [0.1, 0.15) is 16.1 Å². The molecule has 14 heavy (non-hydrogen) atoms. The highest BCUT2D eigenvalue weighted by Gasteiger charge is 2.03. The third-order valence-corrected chi connectivity index (χ3v) is 1.81. The normalized spacial score (nSPS) is 9.79. The number of rotatable bonds is 5. The molecule has 0 fully saturated rings. The highest BCUT2D eigenvalue weighted by molar-refractivity contribution is 5.97. The molecule has 1 rings (SSSR count). The van der Waals surface area contributed by atoms with Gasteiger partial charge in [0.15, 0.2) is 5.78 Å². The van der Waals surface area contributed by atoms with Crippen LogP contribution in [0.5, 0.6) is 0 Å². The van der Waals surface area contributed by atoms with Gasteiger partial charge >= 0.3 is 0 Å². The van der Waals surface area contributed by atoms with E-state index in [9.17, 15) is 4.79 Å². The maximum Gasteiger partial charge on any atom is 0.178 e. The van der Waals surface area contributed by atoms with Crippen molar-refractivity contribution in [1.29, 1.82) is 0 Å². The number of ketones is 1. The average molecular weight is 190 g/mol. The average Bonchev–Trinajstić information content (AvgIpc) is 2.19. The molecule has 1 aromatic rings. The summed E-state index contributed by atoms with van der Waals surface area (Å²) in [6.45, 7) is 6.42. The van der Waals surface area contributed by atoms with Gasteiger partial charge in [0.25, 0.3) is 0 Å². The van der Waals surface area contributed by atoms with E-state index in [0.29, 0.717) is 18.7 Å². The largest absolute Gasteiger partial charge is 0.306 e. The van der Waals surface area contributed by atoms with Crippen molar-refractivity contribution >= 4 is 5.78 Å². The Balaban J connectivity index is 2.52. The minimum Gasteiger partial charge on any atom is -0.306 e. The van der Waals surface area contributed by atoms with Crippen LogP contribution < -0.4 is 5.32 Å². The molecule has 0 bridgehead atoms. The van der Waals surface area contributed by atoms with Crippen molar-refractivity contribution < 1.29 is 4.79 Å². The number of Topliss-reactive ketones (excluding diaryl/α,β-unsaturated/α-hetero) is 1. The lowest BCUT2D eigenvalue weighted by Gasteiger charge is -2.01. The molecular weight excluding hydrogens is 176 g/mol. The van der Waals surface area contributed by atoms with Crippen molar-refractivity contribution in [2.45, 2.75) is 6.92 Å². The number of nitrogens with one attached hydrogen (secondary N) is 1. The molecule has 0 spiro atoms. The predicted molar refractivity (Wildman–Crippen MR) is 56.4 cm³/mol. The third-order valence-electron chi connectivity index (χ3n) is 1.81. The summed E-state index contributed by atoms with van der Waals surface area (Å²) in [5, 5.41) is 2.95. The maximum absolute atomic E-state index is 11.5. The van der Waals surface area contributed by atoms with Crippen LogP contribution in [0.2, 0.25) is 0 Å². The monoisotopic (exact) mass is 190 g/mol. The smallest absolute Gasteiger partial charge is 0.178 e. The molecule has 1 aromatic heterocycles. The zero-order chi connectivity index (χ0) is 10.4. The van der Waals surface area contributed by atoms with Gasteiger partial charge in [0.2, 0.25) is 0 Å². The zero-order valence-electron chi connectivity index (χ0n) is 8.29. The van der Waals surface area contributed by atoms with E-state index in [1.807, 2.05) is 13.0 Å². The molecule has 0 aromatic carbocycles. The molecule has 0 atom stereocenters. The first-order chi connectivity index (χ1) is 6.74. The Morgan fingerprint density at radius 2 is 2.43 bits per heavy atom. The minimum absolute atomic E-state index is 0.0550. The van der Waals surface area contributed by atoms with Gasteiger partial charge in [-0.05, 0) is 19.1 Å². The SMILES string of the molecule is C=CCNCC(=O)c1ccc(C)nc1. The van der Waals surface area contributed by atoms with Crippen LogP contribution in [-0.4, -0.2) is 23.9 Å². The molecule has 0 aliphatic rings. The summed E-state index contributed by atoms with van der Waals surface area (Å²) in [5.41, 5.74) is 1.56. The summed E-state index contributed by atoms with van der Waals surface area (Å²) in [6, 6.07) is 3.63. The van der Waals surface area contributed by atoms with E-state index in [4.69, 9.17) is 0 Å². The molecule has 0 aliphatic heterocycles. The molecule has 74 valence electrons. The predicted octanol–water partition coefficient (Wildman–Crippen LogP) is 1.35. The first kappa shape index (κ1) is 10.6. The van der Waals surface area contributed by atoms with Crippen LogP contribution in [0.25, 0.3) is 0 Å². The molecule has 0 radical (unpaired) electrons. The fraction of sp³-hybridized carbons (Fsp3) is 0.273. The summed E-state index contributed by atoms with van der Waals surface area (Å²) in [7, 11) is 0. The lowest BCUT2D eigenvalue weighted by molar-refractivity contribution is 0.0992. The topological polar surface area (TPSA) is 42.0 Å². The maximum atomic E-state index is 11.5. The number of hydrogen-bond acceptors (Lipinski definition) is 3. The van der Waals surface area contributed by atoms with Crippen LogP contribution in [0, 0.1) is 6.92 Å². The number of hydrogen-bond donors (Lipinski definition) is 1. The lowest BCUT2D eigenvalue weighted by Crippen LogP contribution is -2.23. The molecule has 0 unspecified atom stereocenters. The van der Waals surface area contributed by atoms with Gasteiger partial charge in [-0.3, -0.25) is 9.78 Å². The first-order valence-corrected chi connectivity index (χ1v) is 4.51. The number of aryl methyl sites for hydroxylation is 1. The quantitative estimate of drug-likeness (QED) is 0.433. The van der Waals surface area contributed by atoms with Crippen molar-refractivity contribution in [3.8, 4) is 0 Å². The number of carbonyl (C=O) groups is 1. The Bertz CT molecular complexity index is 317. The highest BCUT2D eigenvalue weighted by atomic mass is 16.1. The van der Waals surface area contributed by atoms with Crippen molar-refractivity contribution in [3.05, 3.63) is 42.2 Å². The van der Waals surface area contributed by atoms with Gasteiger partial charge in [0.1, 0.15) is 0 Å². The van der Waals surface area contributed by atoms with Gasteiger partial charge in [-0.1, -0.05) is 6.08 Å². The van der Waals surface area contributed by atoms with Gasteiger partial charge in [0.05, 0.1) is 6.54 Å². The summed E-state index contributed by atoms with van der Waals surface area (Å²) >= 11 is 0. The molecule has 1 heterocycles. The van der Waals surface area contributed by atoms with Crippen LogP contribution in [0.3, 0.4) is 0 Å². The molecule has 0 aliphatic carbocycles. The standard InChI is InChI=1S/C11H14N2O/c1-3-6-12-8-11(14)10-5-4-9(2)13-7-10/h3-5,7,12H,1,6,8H2,2H3. The Labute approximate surface area is 83.9 Å². The van der Waals surface area contributed by atoms with E-state index in [0.717, 1.165) is 5.69 Å². The van der Waals surface area contributed by atoms with Crippen LogP contribution in [0.15, 0.2) is 31.0 Å². The number of aromatic nitrogens is 1. The van der Waals surface area contributed by atoms with E-state index in [1.165, 1.54) is 0 Å². The summed E-state index contributed by atoms with van der Waals surface area (Å²) < 4.78 is 0. The second-order valence-electron chi connectivity index (χ2n) is 3.03. The zero-order valence-corrected chi connectivity index (χ0v) is 8.29. The molecular formula is C11H14N2O. The minimum atomic E-state index is 0.0550. The molecule has 0 amide bonds. The van der Waals surface area contributed by atoms with E-state index in [1.54, 1.807) is 18.3 Å². The summed E-state index contributed by atoms with van der Waals surface area (Å²) in [6.07, 6.45) is 3.33. The number of pyridine rings is 1. The molecule has 1 N–H and O–H groups in total. The van der Waals surface area contributed by atoms with Gasteiger partial charge in [-0.2, -0.15) is 0 Å². The Hall–Kier alpha value is -1.48. The van der Waals surface area contributed by atoms with Crippen LogP contribution >= 0.6 is 0 Å². The second kappa shape index (κ2) is 5.29. The van der Waals surface area contributed by atoms with E-state index < -0.39 is 0 Å². The lowest BCUT2D eigenvalue weighted by atomic mass is 10.2. The van der Waals surface area contributed by atoms with Crippen molar-refractivity contribution in [1.82, 2.24) is 10.3 Å². The van der Waals surface area contributed by atoms with Gasteiger partial charge in [-0.25, -0.2) is 0 Å². The van der Waals surface area contributed by atoms with E-state index >= 15 is 0 Å².